The number of aromatic nitrogens is 3. The van der Waals surface area contributed by atoms with Crippen LogP contribution in [0.2, 0.25) is 0 Å². The summed E-state index contributed by atoms with van der Waals surface area (Å²) in [7, 11) is 0. The summed E-state index contributed by atoms with van der Waals surface area (Å²) in [5.74, 6) is 1.35. The molecule has 4 rings (SSSR count). The second-order valence-electron chi connectivity index (χ2n) is 6.88. The van der Waals surface area contributed by atoms with Gasteiger partial charge in [0.15, 0.2) is 0 Å². The maximum atomic E-state index is 12.4. The van der Waals surface area contributed by atoms with Crippen LogP contribution in [0.4, 0.5) is 0 Å². The number of carbonyl (C=O) groups excluding carboxylic acids is 1. The molecule has 1 N–H and O–H groups in total. The van der Waals surface area contributed by atoms with Gasteiger partial charge in [-0.25, -0.2) is 4.98 Å². The molecule has 26 heavy (non-hydrogen) atoms. The lowest BCUT2D eigenvalue weighted by Gasteiger charge is -2.24. The summed E-state index contributed by atoms with van der Waals surface area (Å²) >= 11 is 0. The number of hydrogen-bond donors (Lipinski definition) is 1. The van der Waals surface area contributed by atoms with Crippen LogP contribution in [0.15, 0.2) is 55.0 Å². The molecule has 5 heteroatoms. The number of aryl methyl sites for hydroxylation is 2. The number of rotatable bonds is 4. The largest absolute Gasteiger partial charge is 0.347 e. The molecule has 1 aliphatic heterocycles. The van der Waals surface area contributed by atoms with E-state index in [1.54, 1.807) is 12.4 Å². The van der Waals surface area contributed by atoms with Crippen LogP contribution in [0.5, 0.6) is 0 Å². The van der Waals surface area contributed by atoms with Crippen LogP contribution in [0.1, 0.15) is 45.3 Å². The van der Waals surface area contributed by atoms with Crippen LogP contribution in [0.3, 0.4) is 0 Å². The number of hydrogen-bond acceptors (Lipinski definition) is 3. The lowest BCUT2D eigenvalue weighted by Crippen LogP contribution is -2.23. The second kappa shape index (κ2) is 7.12. The van der Waals surface area contributed by atoms with Gasteiger partial charge in [-0.2, -0.15) is 0 Å². The van der Waals surface area contributed by atoms with Crippen molar-refractivity contribution in [2.75, 3.05) is 0 Å². The topological polar surface area (TPSA) is 59.8 Å². The minimum absolute atomic E-state index is 0.129. The van der Waals surface area contributed by atoms with Crippen molar-refractivity contribution in [1.82, 2.24) is 19.9 Å². The smallest absolute Gasteiger partial charge is 0.271 e. The monoisotopic (exact) mass is 346 g/mol. The summed E-state index contributed by atoms with van der Waals surface area (Å²) in [6, 6.07) is 12.5. The molecule has 1 amide bonds. The van der Waals surface area contributed by atoms with Gasteiger partial charge < -0.3 is 9.88 Å². The van der Waals surface area contributed by atoms with E-state index in [0.29, 0.717) is 18.2 Å². The molecule has 3 aromatic rings. The average Bonchev–Trinajstić information content (AvgIpc) is 3.10. The molecule has 0 saturated heterocycles. The fourth-order valence-corrected chi connectivity index (χ4v) is 3.52. The van der Waals surface area contributed by atoms with E-state index in [-0.39, 0.29) is 5.91 Å². The molecule has 132 valence electrons. The number of benzene rings is 1. The third kappa shape index (κ3) is 3.52. The van der Waals surface area contributed by atoms with Gasteiger partial charge in [0.2, 0.25) is 0 Å². The molecule has 1 aromatic carbocycles. The highest BCUT2D eigenvalue weighted by atomic mass is 16.1. The first-order valence-electron chi connectivity index (χ1n) is 8.99. The molecule has 2 aromatic heterocycles. The van der Waals surface area contributed by atoms with Gasteiger partial charge in [-0.1, -0.05) is 29.8 Å². The Bertz CT molecular complexity index is 917. The highest BCUT2D eigenvalue weighted by molar-refractivity contribution is 5.92. The molecule has 5 nitrogen and oxygen atoms in total. The molecular weight excluding hydrogens is 324 g/mol. The first-order chi connectivity index (χ1) is 12.7. The second-order valence-corrected chi connectivity index (χ2v) is 6.88. The fourth-order valence-electron chi connectivity index (χ4n) is 3.52. The van der Waals surface area contributed by atoms with E-state index in [2.05, 4.69) is 51.0 Å². The molecule has 0 bridgehead atoms. The Morgan fingerprint density at radius 1 is 1.27 bits per heavy atom. The molecule has 1 atom stereocenters. The van der Waals surface area contributed by atoms with Gasteiger partial charge in [-0.15, -0.1) is 0 Å². The number of amides is 1. The minimum Gasteiger partial charge on any atom is -0.347 e. The van der Waals surface area contributed by atoms with Gasteiger partial charge in [0.05, 0.1) is 0 Å². The summed E-state index contributed by atoms with van der Waals surface area (Å²) in [4.78, 5) is 21.0. The Morgan fingerprint density at radius 2 is 2.12 bits per heavy atom. The standard InChI is InChI=1S/C21H22N4O/c1-15-3-2-4-17(11-15)18-5-6-20-24-19(14-25(20)13-18)21(26)23-12-16-7-9-22-10-8-16/h2-4,7-11,14,18H,5-6,12-13H2,1H3,(H,23,26)/t18-/m1/s1. The van der Waals surface area contributed by atoms with Crippen molar-refractivity contribution in [2.45, 2.75) is 38.8 Å². The van der Waals surface area contributed by atoms with Gasteiger partial charge >= 0.3 is 0 Å². The van der Waals surface area contributed by atoms with Crippen molar-refractivity contribution >= 4 is 5.91 Å². The van der Waals surface area contributed by atoms with Gasteiger partial charge in [-0.05, 0) is 36.6 Å². The van der Waals surface area contributed by atoms with Crippen LogP contribution in [-0.2, 0) is 19.5 Å². The zero-order valence-corrected chi connectivity index (χ0v) is 14.9. The van der Waals surface area contributed by atoms with E-state index in [4.69, 9.17) is 0 Å². The van der Waals surface area contributed by atoms with E-state index in [1.165, 1.54) is 11.1 Å². The van der Waals surface area contributed by atoms with Crippen LogP contribution >= 0.6 is 0 Å². The number of carbonyl (C=O) groups is 1. The molecule has 0 saturated carbocycles. The fraction of sp³-hybridized carbons (Fsp3) is 0.286. The van der Waals surface area contributed by atoms with Crippen molar-refractivity contribution < 1.29 is 4.79 Å². The van der Waals surface area contributed by atoms with Crippen molar-refractivity contribution in [2.24, 2.45) is 0 Å². The Kier molecular flexibility index (Phi) is 4.52. The lowest BCUT2D eigenvalue weighted by molar-refractivity contribution is 0.0946. The predicted octanol–water partition coefficient (Wildman–Crippen LogP) is 3.25. The van der Waals surface area contributed by atoms with Crippen LogP contribution < -0.4 is 5.32 Å². The molecule has 1 aliphatic rings. The first-order valence-corrected chi connectivity index (χ1v) is 8.99. The molecular formula is C21H22N4O. The van der Waals surface area contributed by atoms with Gasteiger partial charge in [-0.3, -0.25) is 9.78 Å². The number of pyridine rings is 1. The highest BCUT2D eigenvalue weighted by Crippen LogP contribution is 2.29. The Morgan fingerprint density at radius 3 is 2.92 bits per heavy atom. The van der Waals surface area contributed by atoms with Gasteiger partial charge in [0.1, 0.15) is 11.5 Å². The van der Waals surface area contributed by atoms with Gasteiger partial charge in [0.25, 0.3) is 5.91 Å². The summed E-state index contributed by atoms with van der Waals surface area (Å²) in [5.41, 5.74) is 4.18. The number of fused-ring (bicyclic) bond motifs is 1. The molecule has 3 heterocycles. The Labute approximate surface area is 153 Å². The molecule has 0 aliphatic carbocycles. The van der Waals surface area contributed by atoms with Crippen molar-refractivity contribution in [3.63, 3.8) is 0 Å². The van der Waals surface area contributed by atoms with Crippen molar-refractivity contribution in [3.05, 3.63) is 83.2 Å². The zero-order chi connectivity index (χ0) is 17.9. The van der Waals surface area contributed by atoms with E-state index in [9.17, 15) is 4.79 Å². The SMILES string of the molecule is Cc1cccc([C@@H]2CCc3nc(C(=O)NCc4ccncc4)cn3C2)c1. The third-order valence-corrected chi connectivity index (χ3v) is 4.94. The molecule has 0 spiro atoms. The number of nitrogens with one attached hydrogen (secondary N) is 1. The van der Waals surface area contributed by atoms with E-state index in [0.717, 1.165) is 30.8 Å². The molecule has 0 fully saturated rings. The summed E-state index contributed by atoms with van der Waals surface area (Å²) in [5, 5.41) is 2.93. The van der Waals surface area contributed by atoms with Crippen LogP contribution in [0.25, 0.3) is 0 Å². The summed E-state index contributed by atoms with van der Waals surface area (Å²) < 4.78 is 2.14. The van der Waals surface area contributed by atoms with E-state index < -0.39 is 0 Å². The van der Waals surface area contributed by atoms with Crippen molar-refractivity contribution in [1.29, 1.82) is 0 Å². The Hall–Kier alpha value is -2.95. The zero-order valence-electron chi connectivity index (χ0n) is 14.9. The van der Waals surface area contributed by atoms with E-state index in [1.807, 2.05) is 18.3 Å². The van der Waals surface area contributed by atoms with E-state index >= 15 is 0 Å². The highest BCUT2D eigenvalue weighted by Gasteiger charge is 2.23. The van der Waals surface area contributed by atoms with Crippen molar-refractivity contribution in [3.8, 4) is 0 Å². The van der Waals surface area contributed by atoms with Crippen LogP contribution in [-0.4, -0.2) is 20.4 Å². The summed E-state index contributed by atoms with van der Waals surface area (Å²) in [6.07, 6.45) is 7.30. The lowest BCUT2D eigenvalue weighted by atomic mass is 9.91. The molecule has 0 radical (unpaired) electrons. The predicted molar refractivity (Wildman–Crippen MR) is 99.9 cm³/mol. The van der Waals surface area contributed by atoms with Gasteiger partial charge in [0, 0.05) is 44.0 Å². The normalized spacial score (nSPS) is 16.1. The maximum Gasteiger partial charge on any atom is 0.271 e. The number of imidazole rings is 1. The maximum absolute atomic E-state index is 12.4. The summed E-state index contributed by atoms with van der Waals surface area (Å²) in [6.45, 7) is 3.49. The molecule has 0 unspecified atom stereocenters. The number of nitrogens with zero attached hydrogens (tertiary/aromatic N) is 3. The minimum atomic E-state index is -0.129. The Balaban J connectivity index is 1.44. The van der Waals surface area contributed by atoms with Crippen LogP contribution in [0, 0.1) is 6.92 Å². The third-order valence-electron chi connectivity index (χ3n) is 4.94. The first kappa shape index (κ1) is 16.5. The quantitative estimate of drug-likeness (QED) is 0.789. The average molecular weight is 346 g/mol.